The van der Waals surface area contributed by atoms with Crippen molar-refractivity contribution >= 4 is 5.97 Å². The second kappa shape index (κ2) is 7.62. The molecule has 0 aromatic heterocycles. The zero-order valence-corrected chi connectivity index (χ0v) is 19.1. The van der Waals surface area contributed by atoms with Gasteiger partial charge in [0.2, 0.25) is 0 Å². The SMILES string of the molecule is COC(=O)CC[C@@H](C)C1CCC2C3CC[C@@H]4CC(C)CC[C@]4(C)C3CC[C@@]21C. The molecule has 4 fully saturated rings. The van der Waals surface area contributed by atoms with Gasteiger partial charge in [0, 0.05) is 6.42 Å². The summed E-state index contributed by atoms with van der Waals surface area (Å²) < 4.78 is 4.90. The van der Waals surface area contributed by atoms with E-state index < -0.39 is 0 Å². The molecule has 2 nitrogen and oxygen atoms in total. The lowest BCUT2D eigenvalue weighted by Crippen LogP contribution is -2.53. The van der Waals surface area contributed by atoms with Crippen molar-refractivity contribution in [2.75, 3.05) is 7.11 Å². The van der Waals surface area contributed by atoms with Crippen molar-refractivity contribution in [2.24, 2.45) is 52.3 Å². The minimum Gasteiger partial charge on any atom is -0.469 e. The van der Waals surface area contributed by atoms with Gasteiger partial charge in [0.15, 0.2) is 0 Å². The van der Waals surface area contributed by atoms with Crippen molar-refractivity contribution in [1.82, 2.24) is 0 Å². The van der Waals surface area contributed by atoms with Crippen LogP contribution >= 0.6 is 0 Å². The number of hydrogen-bond donors (Lipinski definition) is 0. The van der Waals surface area contributed by atoms with Crippen LogP contribution in [0.2, 0.25) is 0 Å². The Labute approximate surface area is 173 Å². The van der Waals surface area contributed by atoms with Gasteiger partial charge in [-0.2, -0.15) is 0 Å². The van der Waals surface area contributed by atoms with Gasteiger partial charge >= 0.3 is 5.97 Å². The fourth-order valence-corrected chi connectivity index (χ4v) is 9.10. The molecule has 0 N–H and O–H groups in total. The molecule has 4 aliphatic carbocycles. The second-order valence-electron chi connectivity index (χ2n) is 11.9. The van der Waals surface area contributed by atoms with Crippen LogP contribution in [0.5, 0.6) is 0 Å². The number of methoxy groups -OCH3 is 1. The summed E-state index contributed by atoms with van der Waals surface area (Å²) in [4.78, 5) is 11.7. The maximum Gasteiger partial charge on any atom is 0.305 e. The lowest BCUT2D eigenvalue weighted by Gasteiger charge is -2.61. The molecule has 0 aliphatic heterocycles. The van der Waals surface area contributed by atoms with Crippen LogP contribution in [-0.2, 0) is 9.53 Å². The molecule has 160 valence electrons. The fraction of sp³-hybridized carbons (Fsp3) is 0.962. The van der Waals surface area contributed by atoms with E-state index in [1.165, 1.54) is 64.9 Å². The van der Waals surface area contributed by atoms with E-state index >= 15 is 0 Å². The zero-order valence-electron chi connectivity index (χ0n) is 19.1. The third-order valence-electron chi connectivity index (χ3n) is 10.7. The number of hydrogen-bond acceptors (Lipinski definition) is 2. The van der Waals surface area contributed by atoms with Crippen LogP contribution in [0.25, 0.3) is 0 Å². The summed E-state index contributed by atoms with van der Waals surface area (Å²) in [5, 5.41) is 0. The minimum absolute atomic E-state index is 0.0342. The van der Waals surface area contributed by atoms with E-state index in [1.807, 2.05) is 0 Å². The van der Waals surface area contributed by atoms with Gasteiger partial charge in [-0.15, -0.1) is 0 Å². The average Bonchev–Trinajstić information content (AvgIpc) is 3.03. The van der Waals surface area contributed by atoms with Gasteiger partial charge in [0.1, 0.15) is 0 Å². The van der Waals surface area contributed by atoms with Crippen LogP contribution in [0.4, 0.5) is 0 Å². The van der Waals surface area contributed by atoms with Crippen molar-refractivity contribution in [3.63, 3.8) is 0 Å². The van der Waals surface area contributed by atoms with Crippen LogP contribution in [0, 0.1) is 52.3 Å². The Bertz CT molecular complexity index is 585. The quantitative estimate of drug-likeness (QED) is 0.491. The first-order valence-corrected chi connectivity index (χ1v) is 12.4. The number of carbonyl (C=O) groups is 1. The van der Waals surface area contributed by atoms with E-state index in [9.17, 15) is 4.79 Å². The highest BCUT2D eigenvalue weighted by Gasteiger charge is 2.60. The summed E-state index contributed by atoms with van der Waals surface area (Å²) in [6.45, 7) is 10.2. The Hall–Kier alpha value is -0.530. The van der Waals surface area contributed by atoms with Crippen LogP contribution < -0.4 is 0 Å². The summed E-state index contributed by atoms with van der Waals surface area (Å²) in [6, 6.07) is 0. The zero-order chi connectivity index (χ0) is 20.1. The summed E-state index contributed by atoms with van der Waals surface area (Å²) in [6.07, 6.45) is 14.8. The topological polar surface area (TPSA) is 26.3 Å². The lowest BCUT2D eigenvalue weighted by molar-refractivity contribution is -0.141. The normalized spacial score (nSPS) is 48.9. The molecule has 0 aromatic rings. The van der Waals surface area contributed by atoms with Gasteiger partial charge in [0.05, 0.1) is 7.11 Å². The molecule has 0 saturated heterocycles. The van der Waals surface area contributed by atoms with E-state index in [4.69, 9.17) is 4.74 Å². The molecule has 2 heteroatoms. The highest BCUT2D eigenvalue weighted by atomic mass is 16.5. The molecule has 4 aliphatic rings. The average molecular weight is 389 g/mol. The van der Waals surface area contributed by atoms with E-state index in [1.54, 1.807) is 0 Å². The first-order chi connectivity index (χ1) is 13.3. The molecule has 0 spiro atoms. The lowest BCUT2D eigenvalue weighted by atomic mass is 9.44. The van der Waals surface area contributed by atoms with Crippen LogP contribution in [0.3, 0.4) is 0 Å². The van der Waals surface area contributed by atoms with E-state index in [0.717, 1.165) is 41.9 Å². The molecular formula is C26H44O2. The number of esters is 1. The van der Waals surface area contributed by atoms with Crippen molar-refractivity contribution in [3.05, 3.63) is 0 Å². The summed E-state index contributed by atoms with van der Waals surface area (Å²) in [7, 11) is 1.52. The molecule has 4 saturated carbocycles. The Morgan fingerprint density at radius 2 is 1.71 bits per heavy atom. The van der Waals surface area contributed by atoms with Crippen molar-refractivity contribution in [3.8, 4) is 0 Å². The first-order valence-electron chi connectivity index (χ1n) is 12.4. The monoisotopic (exact) mass is 388 g/mol. The molecule has 9 atom stereocenters. The van der Waals surface area contributed by atoms with Crippen LogP contribution in [0.1, 0.15) is 98.3 Å². The van der Waals surface area contributed by atoms with Gasteiger partial charge in [-0.05, 0) is 110 Å². The van der Waals surface area contributed by atoms with Crippen LogP contribution in [0.15, 0.2) is 0 Å². The summed E-state index contributed by atoms with van der Waals surface area (Å²) >= 11 is 0. The van der Waals surface area contributed by atoms with Crippen molar-refractivity contribution in [1.29, 1.82) is 0 Å². The molecule has 0 aromatic carbocycles. The molecule has 28 heavy (non-hydrogen) atoms. The van der Waals surface area contributed by atoms with Gasteiger partial charge in [-0.1, -0.05) is 34.1 Å². The summed E-state index contributed by atoms with van der Waals surface area (Å²) in [5.74, 6) is 6.27. The second-order valence-corrected chi connectivity index (χ2v) is 11.9. The molecule has 0 bridgehead atoms. The largest absolute Gasteiger partial charge is 0.469 e. The minimum atomic E-state index is -0.0342. The highest BCUT2D eigenvalue weighted by Crippen LogP contribution is 2.68. The van der Waals surface area contributed by atoms with Gasteiger partial charge in [0.25, 0.3) is 0 Å². The predicted molar refractivity (Wildman–Crippen MR) is 115 cm³/mol. The number of ether oxygens (including phenoxy) is 1. The third-order valence-corrected chi connectivity index (χ3v) is 10.7. The maximum absolute atomic E-state index is 11.7. The fourth-order valence-electron chi connectivity index (χ4n) is 9.10. The Balaban J connectivity index is 1.48. The molecule has 0 heterocycles. The van der Waals surface area contributed by atoms with Crippen molar-refractivity contribution < 1.29 is 9.53 Å². The van der Waals surface area contributed by atoms with Gasteiger partial charge in [-0.25, -0.2) is 0 Å². The number of fused-ring (bicyclic) bond motifs is 5. The van der Waals surface area contributed by atoms with E-state index in [2.05, 4.69) is 27.7 Å². The number of carbonyl (C=O) groups excluding carboxylic acids is 1. The van der Waals surface area contributed by atoms with Gasteiger partial charge < -0.3 is 4.74 Å². The Morgan fingerprint density at radius 3 is 2.46 bits per heavy atom. The van der Waals surface area contributed by atoms with E-state index in [0.29, 0.717) is 23.2 Å². The van der Waals surface area contributed by atoms with Crippen molar-refractivity contribution in [2.45, 2.75) is 98.3 Å². The standard InChI is InChI=1S/C26H44O2/c1-17-12-14-25(3)19(16-17)7-8-20-22-10-9-21(18(2)6-11-24(27)28-5)26(22,4)15-13-23(20)25/h17-23H,6-16H2,1-5H3/t17?,18-,19-,20?,21?,22?,23?,25+,26-/m1/s1. The predicted octanol–water partition coefficient (Wildman–Crippen LogP) is 6.87. The summed E-state index contributed by atoms with van der Waals surface area (Å²) in [5.41, 5.74) is 1.15. The van der Waals surface area contributed by atoms with E-state index in [-0.39, 0.29) is 5.97 Å². The maximum atomic E-state index is 11.7. The molecule has 0 radical (unpaired) electrons. The smallest absolute Gasteiger partial charge is 0.305 e. The number of rotatable bonds is 4. The Kier molecular flexibility index (Phi) is 5.64. The molecule has 5 unspecified atom stereocenters. The molecule has 0 amide bonds. The first kappa shape index (κ1) is 20.7. The molecule has 4 rings (SSSR count). The molecular weight excluding hydrogens is 344 g/mol. The third kappa shape index (κ3) is 3.25. The highest BCUT2D eigenvalue weighted by molar-refractivity contribution is 5.69. The van der Waals surface area contributed by atoms with Crippen LogP contribution in [-0.4, -0.2) is 13.1 Å². The van der Waals surface area contributed by atoms with Gasteiger partial charge in [-0.3, -0.25) is 4.79 Å². The Morgan fingerprint density at radius 1 is 1.00 bits per heavy atom.